The molecule has 53 heavy (non-hydrogen) atoms. The number of benzene rings is 1. The van der Waals surface area contributed by atoms with Gasteiger partial charge in [0.2, 0.25) is 27.0 Å². The Morgan fingerprint density at radius 3 is 2.51 bits per heavy atom. The number of aromatic nitrogens is 7. The Kier molecular flexibility index (Phi) is 11.8. The van der Waals surface area contributed by atoms with Gasteiger partial charge in [-0.25, -0.2) is 33.0 Å². The van der Waals surface area contributed by atoms with E-state index in [1.165, 1.54) is 46.1 Å². The number of amides is 4. The molecule has 4 aromatic rings. The number of aromatic amines is 1. The molecule has 22 nitrogen and oxygen atoms in total. The fourth-order valence-corrected chi connectivity index (χ4v) is 8.62. The summed E-state index contributed by atoms with van der Waals surface area (Å²) in [5.74, 6) is -3.16. The number of nitrogen functional groups attached to an aromatic ring is 1. The number of nitrogens with two attached hydrogens (primary N) is 3. The largest absolute Gasteiger partial charge is 1.00 e. The predicted molar refractivity (Wildman–Crippen MR) is 184 cm³/mol. The van der Waals surface area contributed by atoms with Gasteiger partial charge in [0.25, 0.3) is 11.5 Å². The van der Waals surface area contributed by atoms with Crippen molar-refractivity contribution in [2.45, 2.75) is 27.5 Å². The quantitative estimate of drug-likeness (QED) is 0.0442. The van der Waals surface area contributed by atoms with E-state index in [0.29, 0.717) is 21.3 Å². The number of sulfonamides is 1. The van der Waals surface area contributed by atoms with Crippen molar-refractivity contribution in [3.8, 4) is 0 Å². The molecule has 9 N–H and O–H groups in total. The van der Waals surface area contributed by atoms with Crippen LogP contribution < -0.4 is 72.4 Å². The molecule has 1 aromatic carbocycles. The van der Waals surface area contributed by atoms with Crippen LogP contribution in [0.25, 0.3) is 0 Å². The Morgan fingerprint density at radius 2 is 1.94 bits per heavy atom. The summed E-state index contributed by atoms with van der Waals surface area (Å²) in [4.78, 5) is 78.0. The van der Waals surface area contributed by atoms with Gasteiger partial charge in [0, 0.05) is 29.6 Å². The van der Waals surface area contributed by atoms with Crippen molar-refractivity contribution in [1.29, 1.82) is 0 Å². The zero-order valence-electron chi connectivity index (χ0n) is 27.3. The number of fused-ring (bicyclic) bond motifs is 1. The zero-order valence-corrected chi connectivity index (χ0v) is 32.6. The first kappa shape index (κ1) is 39.6. The van der Waals surface area contributed by atoms with Crippen LogP contribution in [0.15, 0.2) is 62.0 Å². The number of nitrogens with zero attached hydrogens (tertiary/aromatic N) is 8. The van der Waals surface area contributed by atoms with Crippen molar-refractivity contribution in [3.05, 3.63) is 63.2 Å². The SMILES string of the molecule is Cn1nnnc1SCC1=C(C(=O)[O-])N2C(=O)[C@@H](NC(=O)C(c3csc(N)n3)N(C(N)=O)c3cnc(Nc4ccc(S(N)(=O)=O)cc4)[nH]c3=O)[C@@H]2SC1.[Na+]. The number of primary amides is 1. The summed E-state index contributed by atoms with van der Waals surface area (Å²) in [6, 6.07) is 0.937. The number of primary sulfonamides is 1. The minimum Gasteiger partial charge on any atom is -0.543 e. The Morgan fingerprint density at radius 1 is 1.23 bits per heavy atom. The molecular formula is C26H25N14NaO8S4. The number of hydrogen-bond acceptors (Lipinski definition) is 18. The van der Waals surface area contributed by atoms with Gasteiger partial charge in [0.05, 0.1) is 28.5 Å². The van der Waals surface area contributed by atoms with Crippen LogP contribution in [0.4, 0.5) is 27.2 Å². The van der Waals surface area contributed by atoms with Crippen molar-refractivity contribution in [3.63, 3.8) is 0 Å². The van der Waals surface area contributed by atoms with Gasteiger partial charge in [0.1, 0.15) is 17.1 Å². The van der Waals surface area contributed by atoms with Gasteiger partial charge in [-0.2, -0.15) is 0 Å². The molecule has 1 saturated heterocycles. The molecule has 0 radical (unpaired) electrons. The van der Waals surface area contributed by atoms with Gasteiger partial charge >= 0.3 is 35.6 Å². The van der Waals surface area contributed by atoms with Crippen molar-refractivity contribution in [2.75, 3.05) is 27.5 Å². The maximum absolute atomic E-state index is 14.0. The summed E-state index contributed by atoms with van der Waals surface area (Å²) in [7, 11) is -2.33. The molecular weight excluding hydrogens is 788 g/mol. The molecule has 3 atom stereocenters. The first-order chi connectivity index (χ1) is 24.6. The van der Waals surface area contributed by atoms with Gasteiger partial charge in [-0.1, -0.05) is 11.8 Å². The number of carboxylic acid groups (broad SMARTS) is 1. The summed E-state index contributed by atoms with van der Waals surface area (Å²) in [5.41, 5.74) is 10.4. The van der Waals surface area contributed by atoms with E-state index >= 15 is 0 Å². The number of aliphatic carboxylic acids is 1. The first-order valence-electron chi connectivity index (χ1n) is 14.5. The summed E-state index contributed by atoms with van der Waals surface area (Å²) >= 11 is 3.28. The molecule has 272 valence electrons. The number of H-pyrrole nitrogens is 1. The van der Waals surface area contributed by atoms with Crippen molar-refractivity contribution in [1.82, 2.24) is 45.4 Å². The second kappa shape index (κ2) is 15.8. The number of rotatable bonds is 12. The number of tetrazole rings is 1. The number of urea groups is 1. The van der Waals surface area contributed by atoms with E-state index in [4.69, 9.17) is 16.6 Å². The number of anilines is 4. The topological polar surface area (TPSA) is 336 Å². The van der Waals surface area contributed by atoms with E-state index < -0.39 is 62.5 Å². The average Bonchev–Trinajstić information content (AvgIpc) is 3.71. The number of carbonyl (C=O) groups is 4. The summed E-state index contributed by atoms with van der Waals surface area (Å²) in [6.45, 7) is 0. The summed E-state index contributed by atoms with van der Waals surface area (Å²) in [5, 5.41) is 34.7. The second-order valence-corrected chi connectivity index (χ2v) is 15.4. The maximum Gasteiger partial charge on any atom is 1.00 e. The number of carbonyl (C=O) groups excluding carboxylic acids is 4. The molecule has 27 heteroatoms. The van der Waals surface area contributed by atoms with E-state index in [1.807, 2.05) is 0 Å². The van der Waals surface area contributed by atoms with Crippen LogP contribution in [0.3, 0.4) is 0 Å². The molecule has 0 aliphatic carbocycles. The third-order valence-corrected chi connectivity index (χ3v) is 11.6. The molecule has 5 heterocycles. The van der Waals surface area contributed by atoms with Gasteiger partial charge in [-0.3, -0.25) is 29.2 Å². The standard InChI is InChI=1S/C26H26N14O8S4.Na/c1-38-26(35-36-37-38)51-8-10-7-49-21-15(20(43)40(21)16(10)22(44)45)33-19(42)17(13-9-50-23(27)32-13)39(24(28)46)14-6-30-25(34-18(14)41)31-11-2-4-12(5-3-11)52(29,47)48;/h2-6,9,15,17,21H,7-8H2,1H3,(H2,27,32)(H2,28,46)(H,33,42)(H,44,45)(H2,29,47,48)(H2,30,31,34,41);/q;+1/p-1/t15-,17?,21+;/m1./s1. The number of hydrogen-bond donors (Lipinski definition) is 6. The molecule has 1 fully saturated rings. The Labute approximate surface area is 332 Å². The molecule has 0 bridgehead atoms. The van der Waals surface area contributed by atoms with Crippen LogP contribution in [-0.4, -0.2) is 95.2 Å². The third kappa shape index (κ3) is 8.17. The zero-order chi connectivity index (χ0) is 37.5. The van der Waals surface area contributed by atoms with Gasteiger partial charge in [-0.15, -0.1) is 28.2 Å². The Bertz CT molecular complexity index is 2300. The van der Waals surface area contributed by atoms with Crippen LogP contribution in [0, 0.1) is 0 Å². The number of nitrogens with one attached hydrogen (secondary N) is 3. The van der Waals surface area contributed by atoms with Crippen LogP contribution >= 0.6 is 34.9 Å². The number of thiazole rings is 1. The fraction of sp³-hybridized carbons (Fsp3) is 0.231. The third-order valence-electron chi connectivity index (χ3n) is 7.54. The van der Waals surface area contributed by atoms with Crippen LogP contribution in [0.2, 0.25) is 0 Å². The number of thioether (sulfide) groups is 2. The normalized spacial score (nSPS) is 17.2. The summed E-state index contributed by atoms with van der Waals surface area (Å²) in [6.07, 6.45) is 0.960. The van der Waals surface area contributed by atoms with Gasteiger partial charge < -0.3 is 32.0 Å². The predicted octanol–water partition coefficient (Wildman–Crippen LogP) is -5.45. The molecule has 6 rings (SSSR count). The monoisotopic (exact) mass is 812 g/mol. The molecule has 4 amide bonds. The van der Waals surface area contributed by atoms with Gasteiger partial charge in [0.15, 0.2) is 11.2 Å². The first-order valence-corrected chi connectivity index (χ1v) is 18.9. The van der Waals surface area contributed by atoms with E-state index in [0.717, 1.165) is 34.2 Å². The van der Waals surface area contributed by atoms with Crippen LogP contribution in [-0.2, 0) is 31.5 Å². The maximum atomic E-state index is 14.0. The molecule has 2 aliphatic rings. The van der Waals surface area contributed by atoms with Crippen LogP contribution in [0.5, 0.6) is 0 Å². The van der Waals surface area contributed by atoms with Gasteiger partial charge in [-0.05, 0) is 40.3 Å². The second-order valence-electron chi connectivity index (χ2n) is 10.9. The average molecular weight is 813 g/mol. The minimum atomic E-state index is -3.95. The molecule has 0 spiro atoms. The Hall–Kier alpha value is -4.57. The molecule has 3 aromatic heterocycles. The number of carboxylic acids is 1. The molecule has 2 aliphatic heterocycles. The van der Waals surface area contributed by atoms with Crippen molar-refractivity contribution in [2.24, 2.45) is 17.9 Å². The molecule has 0 saturated carbocycles. The minimum absolute atomic E-state index is 0. The van der Waals surface area contributed by atoms with E-state index in [2.05, 4.69) is 41.1 Å². The fourth-order valence-electron chi connectivity index (χ4n) is 5.19. The Balaban J connectivity index is 0.00000541. The smallest absolute Gasteiger partial charge is 0.543 e. The van der Waals surface area contributed by atoms with Crippen molar-refractivity contribution >= 4 is 91.2 Å². The summed E-state index contributed by atoms with van der Waals surface area (Å²) < 4.78 is 24.5. The van der Waals surface area contributed by atoms with Crippen molar-refractivity contribution < 1.29 is 62.3 Å². The molecule has 1 unspecified atom stereocenters. The van der Waals surface area contributed by atoms with E-state index in [-0.39, 0.29) is 68.4 Å². The van der Waals surface area contributed by atoms with E-state index in [9.17, 15) is 37.5 Å². The number of β-lactam (4-membered cyclic amide) rings is 1. The van der Waals surface area contributed by atoms with Crippen LogP contribution in [0.1, 0.15) is 11.7 Å². The van der Waals surface area contributed by atoms with E-state index in [1.54, 1.807) is 7.05 Å². The number of aryl methyl sites for hydroxylation is 1.